The Morgan fingerprint density at radius 1 is 0.839 bits per heavy atom. The second-order valence-electron chi connectivity index (χ2n) is 7.36. The molecule has 0 bridgehead atoms. The zero-order chi connectivity index (χ0) is 22.0. The first kappa shape index (κ1) is 20.5. The van der Waals surface area contributed by atoms with Crippen molar-refractivity contribution in [2.45, 2.75) is 20.5 Å². The van der Waals surface area contributed by atoms with Gasteiger partial charge in [0.2, 0.25) is 5.43 Å². The number of fused-ring (bicyclic) bond motifs is 1. The van der Waals surface area contributed by atoms with Crippen LogP contribution in [0.15, 0.2) is 69.9 Å². The molecule has 0 saturated heterocycles. The van der Waals surface area contributed by atoms with Crippen molar-refractivity contribution in [1.82, 2.24) is 0 Å². The zero-order valence-corrected chi connectivity index (χ0v) is 18.0. The summed E-state index contributed by atoms with van der Waals surface area (Å²) in [5, 5.41) is 0.498. The van der Waals surface area contributed by atoms with Crippen molar-refractivity contribution >= 4 is 11.0 Å². The first-order valence-electron chi connectivity index (χ1n) is 9.98. The highest BCUT2D eigenvalue weighted by Crippen LogP contribution is 2.33. The van der Waals surface area contributed by atoms with E-state index in [9.17, 15) is 4.79 Å². The molecular weight excluding hydrogens is 392 g/mol. The molecule has 0 fully saturated rings. The predicted octanol–water partition coefficient (Wildman–Crippen LogP) is 5.67. The molecule has 3 aromatic carbocycles. The quantitative estimate of drug-likeness (QED) is 0.405. The van der Waals surface area contributed by atoms with Crippen LogP contribution in [0.25, 0.3) is 22.1 Å². The maximum absolute atomic E-state index is 13.3. The standard InChI is InChI=1S/C26H24O5/c1-16-5-7-18(8-6-16)15-30-20-10-11-21-23(14-20)31-17(2)25(26(21)27)19-9-12-22(28-3)24(13-19)29-4/h5-14H,15H2,1-4H3. The van der Waals surface area contributed by atoms with E-state index in [1.807, 2.05) is 18.2 Å². The molecule has 0 spiro atoms. The number of methoxy groups -OCH3 is 2. The summed E-state index contributed by atoms with van der Waals surface area (Å²) in [6, 6.07) is 18.9. The van der Waals surface area contributed by atoms with E-state index in [4.69, 9.17) is 18.6 Å². The number of rotatable bonds is 6. The van der Waals surface area contributed by atoms with E-state index in [2.05, 4.69) is 19.1 Å². The van der Waals surface area contributed by atoms with Gasteiger partial charge in [0.25, 0.3) is 0 Å². The van der Waals surface area contributed by atoms with E-state index >= 15 is 0 Å². The molecule has 0 aliphatic rings. The summed E-state index contributed by atoms with van der Waals surface area (Å²) >= 11 is 0. The van der Waals surface area contributed by atoms with Crippen molar-refractivity contribution in [3.8, 4) is 28.4 Å². The van der Waals surface area contributed by atoms with Gasteiger partial charge in [-0.3, -0.25) is 4.79 Å². The van der Waals surface area contributed by atoms with Gasteiger partial charge in [-0.05, 0) is 49.2 Å². The van der Waals surface area contributed by atoms with Crippen molar-refractivity contribution in [3.63, 3.8) is 0 Å². The van der Waals surface area contributed by atoms with E-state index in [1.165, 1.54) is 5.56 Å². The highest BCUT2D eigenvalue weighted by Gasteiger charge is 2.16. The van der Waals surface area contributed by atoms with Crippen LogP contribution < -0.4 is 19.6 Å². The highest BCUT2D eigenvalue weighted by molar-refractivity contribution is 5.84. The SMILES string of the molecule is COc1ccc(-c2c(C)oc3cc(OCc4ccc(C)cc4)ccc3c2=O)cc1OC. The largest absolute Gasteiger partial charge is 0.493 e. The van der Waals surface area contributed by atoms with Crippen LogP contribution >= 0.6 is 0 Å². The molecule has 1 aromatic heterocycles. The Hall–Kier alpha value is -3.73. The van der Waals surface area contributed by atoms with Gasteiger partial charge in [0.15, 0.2) is 11.5 Å². The molecule has 0 saturated carbocycles. The Morgan fingerprint density at radius 3 is 2.29 bits per heavy atom. The number of hydrogen-bond donors (Lipinski definition) is 0. The lowest BCUT2D eigenvalue weighted by atomic mass is 10.0. The number of hydrogen-bond acceptors (Lipinski definition) is 5. The second kappa shape index (κ2) is 8.56. The summed E-state index contributed by atoms with van der Waals surface area (Å²) in [6.07, 6.45) is 0. The van der Waals surface area contributed by atoms with Crippen LogP contribution in [0.1, 0.15) is 16.9 Å². The Morgan fingerprint density at radius 2 is 1.58 bits per heavy atom. The summed E-state index contributed by atoms with van der Waals surface area (Å²) in [5.74, 6) is 2.33. The molecular formula is C26H24O5. The van der Waals surface area contributed by atoms with Crippen LogP contribution in [-0.4, -0.2) is 14.2 Å². The minimum atomic E-state index is -0.101. The van der Waals surface area contributed by atoms with E-state index in [0.29, 0.717) is 51.7 Å². The predicted molar refractivity (Wildman–Crippen MR) is 121 cm³/mol. The minimum absolute atomic E-state index is 0.101. The van der Waals surface area contributed by atoms with Gasteiger partial charge in [-0.2, -0.15) is 0 Å². The van der Waals surface area contributed by atoms with Gasteiger partial charge in [-0.15, -0.1) is 0 Å². The van der Waals surface area contributed by atoms with Crippen molar-refractivity contribution in [3.05, 3.63) is 87.8 Å². The van der Waals surface area contributed by atoms with Crippen LogP contribution in [0.5, 0.6) is 17.2 Å². The van der Waals surface area contributed by atoms with Gasteiger partial charge < -0.3 is 18.6 Å². The Balaban J connectivity index is 1.68. The average molecular weight is 416 g/mol. The van der Waals surface area contributed by atoms with Crippen LogP contribution in [-0.2, 0) is 6.61 Å². The van der Waals surface area contributed by atoms with Crippen molar-refractivity contribution in [1.29, 1.82) is 0 Å². The first-order valence-corrected chi connectivity index (χ1v) is 9.98. The third-order valence-corrected chi connectivity index (χ3v) is 5.24. The molecule has 4 rings (SSSR count). The van der Waals surface area contributed by atoms with Crippen molar-refractivity contribution in [2.75, 3.05) is 14.2 Å². The van der Waals surface area contributed by atoms with Crippen LogP contribution in [0.3, 0.4) is 0 Å². The number of ether oxygens (including phenoxy) is 3. The molecule has 0 radical (unpaired) electrons. The lowest BCUT2D eigenvalue weighted by molar-refractivity contribution is 0.306. The Kier molecular flexibility index (Phi) is 5.67. The van der Waals surface area contributed by atoms with Crippen LogP contribution in [0, 0.1) is 13.8 Å². The summed E-state index contributed by atoms with van der Waals surface area (Å²) in [4.78, 5) is 13.3. The molecule has 0 atom stereocenters. The van der Waals surface area contributed by atoms with E-state index in [0.717, 1.165) is 5.56 Å². The van der Waals surface area contributed by atoms with E-state index in [-0.39, 0.29) is 5.43 Å². The van der Waals surface area contributed by atoms with Crippen molar-refractivity contribution in [2.24, 2.45) is 0 Å². The van der Waals surface area contributed by atoms with Crippen LogP contribution in [0.2, 0.25) is 0 Å². The third-order valence-electron chi connectivity index (χ3n) is 5.24. The summed E-state index contributed by atoms with van der Waals surface area (Å²) < 4.78 is 22.6. The molecule has 5 nitrogen and oxygen atoms in total. The molecule has 0 aliphatic heterocycles. The fraction of sp³-hybridized carbons (Fsp3) is 0.192. The normalized spacial score (nSPS) is 10.8. The molecule has 0 N–H and O–H groups in total. The lowest BCUT2D eigenvalue weighted by Gasteiger charge is -2.12. The smallest absolute Gasteiger partial charge is 0.200 e. The summed E-state index contributed by atoms with van der Waals surface area (Å²) in [6.45, 7) is 4.28. The maximum Gasteiger partial charge on any atom is 0.200 e. The lowest BCUT2D eigenvalue weighted by Crippen LogP contribution is -2.08. The molecule has 0 amide bonds. The molecule has 5 heteroatoms. The maximum atomic E-state index is 13.3. The molecule has 0 unspecified atom stereocenters. The third kappa shape index (κ3) is 4.12. The Bertz CT molecular complexity index is 1290. The van der Waals surface area contributed by atoms with Gasteiger partial charge in [0.05, 0.1) is 25.2 Å². The van der Waals surface area contributed by atoms with Gasteiger partial charge in [-0.25, -0.2) is 0 Å². The summed E-state index contributed by atoms with van der Waals surface area (Å²) in [5.41, 5.74) is 3.89. The zero-order valence-electron chi connectivity index (χ0n) is 18.0. The topological polar surface area (TPSA) is 57.9 Å². The monoisotopic (exact) mass is 416 g/mol. The van der Waals surface area contributed by atoms with Gasteiger partial charge in [0.1, 0.15) is 23.7 Å². The van der Waals surface area contributed by atoms with Crippen molar-refractivity contribution < 1.29 is 18.6 Å². The molecule has 0 aliphatic carbocycles. The summed E-state index contributed by atoms with van der Waals surface area (Å²) in [7, 11) is 3.14. The highest BCUT2D eigenvalue weighted by atomic mass is 16.5. The van der Waals surface area contributed by atoms with Crippen LogP contribution in [0.4, 0.5) is 0 Å². The molecule has 1 heterocycles. The fourth-order valence-corrected chi connectivity index (χ4v) is 3.55. The second-order valence-corrected chi connectivity index (χ2v) is 7.36. The minimum Gasteiger partial charge on any atom is -0.493 e. The van der Waals surface area contributed by atoms with E-state index in [1.54, 1.807) is 51.5 Å². The number of benzene rings is 3. The molecule has 4 aromatic rings. The molecule has 31 heavy (non-hydrogen) atoms. The molecule has 158 valence electrons. The fourth-order valence-electron chi connectivity index (χ4n) is 3.55. The van der Waals surface area contributed by atoms with Gasteiger partial charge in [0, 0.05) is 6.07 Å². The van der Waals surface area contributed by atoms with E-state index < -0.39 is 0 Å². The number of aryl methyl sites for hydroxylation is 2. The average Bonchev–Trinajstić information content (AvgIpc) is 2.78. The first-order chi connectivity index (χ1) is 15.0. The Labute approximate surface area is 180 Å². The van der Waals surface area contributed by atoms with Gasteiger partial charge >= 0.3 is 0 Å². The van der Waals surface area contributed by atoms with Gasteiger partial charge in [-0.1, -0.05) is 35.9 Å².